The van der Waals surface area contributed by atoms with Gasteiger partial charge in [-0.3, -0.25) is 4.79 Å². The van der Waals surface area contributed by atoms with Crippen molar-refractivity contribution in [3.8, 4) is 23.0 Å². The third-order valence-electron chi connectivity index (χ3n) is 3.56. The van der Waals surface area contributed by atoms with Gasteiger partial charge >= 0.3 is 0 Å². The molecule has 0 bridgehead atoms. The topological polar surface area (TPSA) is 78.4 Å². The zero-order chi connectivity index (χ0) is 18.7. The Kier molecular flexibility index (Phi) is 5.67. The number of rotatable bonds is 5. The minimum atomic E-state index is -0.370. The number of carbonyl (C=O) groups is 1. The average molecular weight is 486 g/mol. The van der Waals surface area contributed by atoms with Crippen LogP contribution >= 0.6 is 31.9 Å². The smallest absolute Gasteiger partial charge is 0.271 e. The Hall–Kier alpha value is -2.26. The number of ether oxygens (including phenoxy) is 4. The molecule has 1 heterocycles. The Morgan fingerprint density at radius 3 is 2.38 bits per heavy atom. The molecule has 26 heavy (non-hydrogen) atoms. The van der Waals surface area contributed by atoms with Crippen molar-refractivity contribution in [3.63, 3.8) is 0 Å². The number of methoxy groups -OCH3 is 2. The van der Waals surface area contributed by atoms with Gasteiger partial charge in [0, 0.05) is 17.2 Å². The summed E-state index contributed by atoms with van der Waals surface area (Å²) in [6.45, 7) is 0.164. The number of nitrogens with one attached hydrogen (secondary N) is 1. The largest absolute Gasteiger partial charge is 0.496 e. The van der Waals surface area contributed by atoms with E-state index in [-0.39, 0.29) is 12.7 Å². The maximum absolute atomic E-state index is 12.3. The van der Waals surface area contributed by atoms with Gasteiger partial charge in [-0.25, -0.2) is 5.43 Å². The SMILES string of the molecule is COc1cc2c(cc1/C=N\NC(=O)c1cc(Br)c(OC)c(Br)c1)OCO2. The molecule has 3 rings (SSSR count). The van der Waals surface area contributed by atoms with Crippen molar-refractivity contribution >= 4 is 44.0 Å². The van der Waals surface area contributed by atoms with E-state index in [0.29, 0.717) is 43.1 Å². The van der Waals surface area contributed by atoms with Crippen molar-refractivity contribution in [3.05, 3.63) is 44.3 Å². The third-order valence-corrected chi connectivity index (χ3v) is 4.74. The maximum atomic E-state index is 12.3. The van der Waals surface area contributed by atoms with Gasteiger partial charge in [-0.1, -0.05) is 0 Å². The molecule has 9 heteroatoms. The third kappa shape index (κ3) is 3.78. The second kappa shape index (κ2) is 7.96. The lowest BCUT2D eigenvalue weighted by molar-refractivity contribution is 0.0955. The summed E-state index contributed by atoms with van der Waals surface area (Å²) >= 11 is 6.73. The van der Waals surface area contributed by atoms with Crippen LogP contribution in [0.5, 0.6) is 23.0 Å². The molecule has 0 atom stereocenters. The van der Waals surface area contributed by atoms with Crippen molar-refractivity contribution in [2.24, 2.45) is 5.10 Å². The number of amides is 1. The lowest BCUT2D eigenvalue weighted by Crippen LogP contribution is -2.17. The van der Waals surface area contributed by atoms with Gasteiger partial charge in [-0.05, 0) is 50.1 Å². The molecule has 0 aromatic heterocycles. The van der Waals surface area contributed by atoms with Gasteiger partial charge in [0.25, 0.3) is 5.91 Å². The molecule has 1 aliphatic rings. The predicted molar refractivity (Wildman–Crippen MR) is 103 cm³/mol. The highest BCUT2D eigenvalue weighted by Gasteiger charge is 2.17. The van der Waals surface area contributed by atoms with Crippen LogP contribution in [0.1, 0.15) is 15.9 Å². The van der Waals surface area contributed by atoms with Crippen LogP contribution in [0.3, 0.4) is 0 Å². The number of hydrazone groups is 1. The molecule has 2 aromatic rings. The highest BCUT2D eigenvalue weighted by Crippen LogP contribution is 2.37. The molecule has 0 fully saturated rings. The van der Waals surface area contributed by atoms with E-state index in [9.17, 15) is 4.79 Å². The number of hydrogen-bond donors (Lipinski definition) is 1. The lowest BCUT2D eigenvalue weighted by Gasteiger charge is -2.08. The first-order valence-electron chi connectivity index (χ1n) is 7.37. The van der Waals surface area contributed by atoms with Gasteiger partial charge in [0.15, 0.2) is 11.5 Å². The van der Waals surface area contributed by atoms with Crippen molar-refractivity contribution in [2.45, 2.75) is 0 Å². The van der Waals surface area contributed by atoms with E-state index in [1.54, 1.807) is 38.5 Å². The lowest BCUT2D eigenvalue weighted by atomic mass is 10.2. The Morgan fingerprint density at radius 1 is 1.12 bits per heavy atom. The van der Waals surface area contributed by atoms with Crippen LogP contribution in [-0.4, -0.2) is 33.1 Å². The van der Waals surface area contributed by atoms with Crippen molar-refractivity contribution in [1.82, 2.24) is 5.43 Å². The number of carbonyl (C=O) groups excluding carboxylic acids is 1. The van der Waals surface area contributed by atoms with E-state index in [0.717, 1.165) is 0 Å². The summed E-state index contributed by atoms with van der Waals surface area (Å²) in [5.74, 6) is 2.00. The summed E-state index contributed by atoms with van der Waals surface area (Å²) in [5.41, 5.74) is 3.54. The van der Waals surface area contributed by atoms with Crippen molar-refractivity contribution < 1.29 is 23.7 Å². The van der Waals surface area contributed by atoms with Crippen LogP contribution in [0.25, 0.3) is 0 Å². The molecule has 0 unspecified atom stereocenters. The van der Waals surface area contributed by atoms with E-state index in [1.807, 2.05) is 0 Å². The van der Waals surface area contributed by atoms with Gasteiger partial charge in [-0.15, -0.1) is 0 Å². The Balaban J connectivity index is 1.76. The first-order valence-corrected chi connectivity index (χ1v) is 8.96. The van der Waals surface area contributed by atoms with Crippen LogP contribution in [0, 0.1) is 0 Å². The van der Waals surface area contributed by atoms with Crippen LogP contribution in [0.15, 0.2) is 38.3 Å². The van der Waals surface area contributed by atoms with Crippen LogP contribution < -0.4 is 24.4 Å². The maximum Gasteiger partial charge on any atom is 0.271 e. The molecule has 7 nitrogen and oxygen atoms in total. The van der Waals surface area contributed by atoms with Gasteiger partial charge in [0.05, 0.1) is 29.4 Å². The van der Waals surface area contributed by atoms with Gasteiger partial charge in [0.1, 0.15) is 11.5 Å². The molecule has 1 aliphatic heterocycles. The van der Waals surface area contributed by atoms with Gasteiger partial charge < -0.3 is 18.9 Å². The normalized spacial score (nSPS) is 12.3. The van der Waals surface area contributed by atoms with Gasteiger partial charge in [0.2, 0.25) is 6.79 Å². The van der Waals surface area contributed by atoms with E-state index in [4.69, 9.17) is 18.9 Å². The van der Waals surface area contributed by atoms with E-state index < -0.39 is 0 Å². The number of hydrogen-bond acceptors (Lipinski definition) is 6. The first kappa shape index (κ1) is 18.5. The minimum Gasteiger partial charge on any atom is -0.496 e. The molecule has 0 saturated carbocycles. The fourth-order valence-electron chi connectivity index (χ4n) is 2.33. The number of halogens is 2. The molecule has 136 valence electrons. The van der Waals surface area contributed by atoms with Crippen molar-refractivity contribution in [1.29, 1.82) is 0 Å². The quantitative estimate of drug-likeness (QED) is 0.515. The summed E-state index contributed by atoms with van der Waals surface area (Å²) in [6, 6.07) is 6.74. The summed E-state index contributed by atoms with van der Waals surface area (Å²) in [6.07, 6.45) is 1.48. The second-order valence-electron chi connectivity index (χ2n) is 5.12. The highest BCUT2D eigenvalue weighted by molar-refractivity contribution is 9.11. The Labute approximate surface area is 166 Å². The monoisotopic (exact) mass is 484 g/mol. The Morgan fingerprint density at radius 2 is 1.77 bits per heavy atom. The molecule has 1 N–H and O–H groups in total. The van der Waals surface area contributed by atoms with E-state index in [2.05, 4.69) is 42.4 Å². The molecular formula is C17H14Br2N2O5. The summed E-state index contributed by atoms with van der Waals surface area (Å²) in [7, 11) is 3.09. The summed E-state index contributed by atoms with van der Waals surface area (Å²) in [5, 5.41) is 3.99. The number of benzene rings is 2. The molecule has 0 aliphatic carbocycles. The first-order chi connectivity index (χ1) is 12.5. The van der Waals surface area contributed by atoms with Crippen LogP contribution in [-0.2, 0) is 0 Å². The summed E-state index contributed by atoms with van der Waals surface area (Å²) < 4.78 is 22.5. The highest BCUT2D eigenvalue weighted by atomic mass is 79.9. The second-order valence-corrected chi connectivity index (χ2v) is 6.83. The summed E-state index contributed by atoms with van der Waals surface area (Å²) in [4.78, 5) is 12.3. The average Bonchev–Trinajstić information content (AvgIpc) is 3.07. The minimum absolute atomic E-state index is 0.164. The molecule has 1 amide bonds. The van der Waals surface area contributed by atoms with Crippen LogP contribution in [0.2, 0.25) is 0 Å². The number of nitrogens with zero attached hydrogens (tertiary/aromatic N) is 1. The van der Waals surface area contributed by atoms with E-state index >= 15 is 0 Å². The predicted octanol–water partition coefficient (Wildman–Crippen LogP) is 3.72. The number of fused-ring (bicyclic) bond motifs is 1. The fraction of sp³-hybridized carbons (Fsp3) is 0.176. The standard InChI is InChI=1S/C17H14Br2N2O5/c1-23-13-6-15-14(25-8-26-15)5-10(13)7-20-21-17(22)9-3-11(18)16(24-2)12(19)4-9/h3-7H,8H2,1-2H3,(H,21,22)/b20-7-. The van der Waals surface area contributed by atoms with Crippen molar-refractivity contribution in [2.75, 3.05) is 21.0 Å². The Bertz CT molecular complexity index is 863. The van der Waals surface area contributed by atoms with Gasteiger partial charge in [-0.2, -0.15) is 5.10 Å². The van der Waals surface area contributed by atoms with E-state index in [1.165, 1.54) is 6.21 Å². The zero-order valence-corrected chi connectivity index (χ0v) is 17.0. The molecule has 0 saturated heterocycles. The van der Waals surface area contributed by atoms with Crippen LogP contribution in [0.4, 0.5) is 0 Å². The zero-order valence-electron chi connectivity index (χ0n) is 13.8. The molecule has 0 radical (unpaired) electrons. The molecular weight excluding hydrogens is 472 g/mol. The molecule has 0 spiro atoms. The fourth-order valence-corrected chi connectivity index (χ4v) is 3.84. The molecule has 2 aromatic carbocycles.